The Bertz CT molecular complexity index is 1670. The maximum Gasteiger partial charge on any atom is 0.351 e. The first-order valence-electron chi connectivity index (χ1n) is 15.3. The van der Waals surface area contributed by atoms with Crippen molar-refractivity contribution in [1.82, 2.24) is 9.55 Å². The van der Waals surface area contributed by atoms with Gasteiger partial charge in [-0.15, -0.1) is 0 Å². The van der Waals surface area contributed by atoms with Crippen LogP contribution in [-0.2, 0) is 42.9 Å². The second kappa shape index (κ2) is 12.5. The number of aliphatic hydroxyl groups is 1. The third-order valence-electron chi connectivity index (χ3n) is 9.82. The van der Waals surface area contributed by atoms with E-state index in [0.29, 0.717) is 23.0 Å². The van der Waals surface area contributed by atoms with Gasteiger partial charge in [0.2, 0.25) is 6.23 Å². The molecule has 0 spiro atoms. The number of hydrogen-bond acceptors (Lipinski definition) is 13. The first-order valence-corrected chi connectivity index (χ1v) is 15.3. The smallest absolute Gasteiger partial charge is 0.351 e. The standard InChI is InChI=1S/C32H37F2N3O11/c1-17(24(40)45-16-20-23(39)32(33,34)26(46-20)37-15-10-22(35)36-28(37)43)6-5-11-29(3)21-9-13-30(27(42)48-29)12-7-19(25(41)44-4)8-14-31(21,30)47-18(2)38/h5-7,10-11,15,20-21,23,26,39H,8-9,12-14,16H2,1-4H3,(H2,35,36,43)/b11-5+,17-6+/t20?,21-,23-,26?,29+,30+,31-/m0/s1. The number of ether oxygens (including phenoxy) is 5. The molecule has 1 aromatic heterocycles. The summed E-state index contributed by atoms with van der Waals surface area (Å²) >= 11 is 0. The summed E-state index contributed by atoms with van der Waals surface area (Å²) in [6.45, 7) is 3.57. The Morgan fingerprint density at radius 3 is 2.62 bits per heavy atom. The van der Waals surface area contributed by atoms with Crippen molar-refractivity contribution in [2.24, 2.45) is 11.3 Å². The van der Waals surface area contributed by atoms with E-state index >= 15 is 0 Å². The van der Waals surface area contributed by atoms with Crippen molar-refractivity contribution in [2.45, 2.75) is 88.4 Å². The van der Waals surface area contributed by atoms with E-state index < -0.39 is 83.1 Å². The van der Waals surface area contributed by atoms with Crippen LogP contribution in [0.1, 0.15) is 59.1 Å². The van der Waals surface area contributed by atoms with Gasteiger partial charge in [-0.2, -0.15) is 13.8 Å². The number of nitrogen functional groups attached to an aromatic ring is 1. The van der Waals surface area contributed by atoms with Gasteiger partial charge in [0, 0.05) is 30.2 Å². The van der Waals surface area contributed by atoms with Crippen molar-refractivity contribution < 1.29 is 56.7 Å². The Labute approximate surface area is 273 Å². The van der Waals surface area contributed by atoms with Crippen LogP contribution in [0.3, 0.4) is 0 Å². The summed E-state index contributed by atoms with van der Waals surface area (Å²) in [4.78, 5) is 66.8. The van der Waals surface area contributed by atoms with E-state index in [2.05, 4.69) is 4.98 Å². The minimum Gasteiger partial charge on any atom is -0.466 e. The molecule has 0 aromatic carbocycles. The number of nitrogens with zero attached hydrogens (tertiary/aromatic N) is 2. The van der Waals surface area contributed by atoms with Crippen LogP contribution in [0.15, 0.2) is 52.5 Å². The molecule has 3 heterocycles. The van der Waals surface area contributed by atoms with Gasteiger partial charge in [-0.25, -0.2) is 14.4 Å². The summed E-state index contributed by atoms with van der Waals surface area (Å²) in [5, 5.41) is 10.2. The van der Waals surface area contributed by atoms with E-state index in [0.717, 1.165) is 12.3 Å². The third kappa shape index (κ3) is 5.70. The van der Waals surface area contributed by atoms with Gasteiger partial charge in [-0.1, -0.05) is 18.2 Å². The molecule has 2 bridgehead atoms. The van der Waals surface area contributed by atoms with E-state index in [9.17, 15) is 37.9 Å². The van der Waals surface area contributed by atoms with Crippen molar-refractivity contribution in [3.05, 3.63) is 58.2 Å². The number of nitrogens with two attached hydrogens (primary N) is 1. The van der Waals surface area contributed by atoms with Gasteiger partial charge in [0.25, 0.3) is 0 Å². The predicted molar refractivity (Wildman–Crippen MR) is 160 cm³/mol. The molecule has 0 amide bonds. The highest BCUT2D eigenvalue weighted by atomic mass is 19.3. The lowest BCUT2D eigenvalue weighted by molar-refractivity contribution is -0.235. The lowest BCUT2D eigenvalue weighted by atomic mass is 9.62. The quantitative estimate of drug-likeness (QED) is 0.176. The van der Waals surface area contributed by atoms with Crippen LogP contribution >= 0.6 is 0 Å². The van der Waals surface area contributed by atoms with E-state index in [1.807, 2.05) is 0 Å². The second-order valence-corrected chi connectivity index (χ2v) is 12.7. The van der Waals surface area contributed by atoms with Crippen molar-refractivity contribution in [2.75, 3.05) is 19.5 Å². The van der Waals surface area contributed by atoms with E-state index in [4.69, 9.17) is 29.4 Å². The third-order valence-corrected chi connectivity index (χ3v) is 9.82. The summed E-state index contributed by atoms with van der Waals surface area (Å²) in [5.74, 6) is -7.20. The summed E-state index contributed by atoms with van der Waals surface area (Å²) in [6, 6.07) is 1.12. The molecule has 2 unspecified atom stereocenters. The Hall–Kier alpha value is -4.44. The number of anilines is 1. The zero-order valence-electron chi connectivity index (χ0n) is 26.8. The first-order chi connectivity index (χ1) is 22.5. The van der Waals surface area contributed by atoms with Crippen molar-refractivity contribution in [1.29, 1.82) is 0 Å². The molecule has 2 saturated heterocycles. The van der Waals surface area contributed by atoms with E-state index in [1.54, 1.807) is 19.1 Å². The van der Waals surface area contributed by atoms with Crippen LogP contribution in [-0.4, -0.2) is 81.6 Å². The van der Waals surface area contributed by atoms with Crippen LogP contribution < -0.4 is 11.4 Å². The lowest BCUT2D eigenvalue weighted by Crippen LogP contribution is -2.65. The summed E-state index contributed by atoms with van der Waals surface area (Å²) in [6.07, 6.45) is 2.10. The maximum atomic E-state index is 14.8. The minimum absolute atomic E-state index is 0.0311. The van der Waals surface area contributed by atoms with Gasteiger partial charge in [-0.05, 0) is 58.1 Å². The van der Waals surface area contributed by atoms with Gasteiger partial charge in [0.15, 0.2) is 6.10 Å². The molecule has 14 nitrogen and oxygen atoms in total. The highest BCUT2D eigenvalue weighted by molar-refractivity contribution is 5.90. The molecular weight excluding hydrogens is 640 g/mol. The largest absolute Gasteiger partial charge is 0.466 e. The predicted octanol–water partition coefficient (Wildman–Crippen LogP) is 2.06. The number of aromatic nitrogens is 2. The van der Waals surface area contributed by atoms with Gasteiger partial charge < -0.3 is 34.5 Å². The lowest BCUT2D eigenvalue weighted by Gasteiger charge is -2.54. The van der Waals surface area contributed by atoms with Crippen LogP contribution in [0.5, 0.6) is 0 Å². The monoisotopic (exact) mass is 677 g/mol. The van der Waals surface area contributed by atoms with Crippen LogP contribution in [0, 0.1) is 11.3 Å². The average molecular weight is 678 g/mol. The van der Waals surface area contributed by atoms with Gasteiger partial charge in [-0.3, -0.25) is 14.2 Å². The zero-order chi connectivity index (χ0) is 35.2. The molecule has 2 aliphatic carbocycles. The Morgan fingerprint density at radius 2 is 1.96 bits per heavy atom. The molecule has 48 heavy (non-hydrogen) atoms. The topological polar surface area (TPSA) is 196 Å². The number of cyclic esters (lactones) is 1. The van der Waals surface area contributed by atoms with Crippen molar-refractivity contribution in [3.63, 3.8) is 0 Å². The maximum absolute atomic E-state index is 14.8. The van der Waals surface area contributed by atoms with Crippen LogP contribution in [0.4, 0.5) is 14.6 Å². The number of methoxy groups -OCH3 is 1. The second-order valence-electron chi connectivity index (χ2n) is 12.7. The summed E-state index contributed by atoms with van der Waals surface area (Å²) in [5.41, 5.74) is 0.968. The number of hydrogen-bond donors (Lipinski definition) is 2. The molecule has 16 heteroatoms. The van der Waals surface area contributed by atoms with Crippen molar-refractivity contribution in [3.8, 4) is 0 Å². The molecule has 3 N–H and O–H groups in total. The van der Waals surface area contributed by atoms with Crippen LogP contribution in [0.25, 0.3) is 0 Å². The van der Waals surface area contributed by atoms with Crippen LogP contribution in [0.2, 0.25) is 0 Å². The number of alkyl halides is 2. The number of allylic oxidation sites excluding steroid dienone is 3. The molecule has 3 fully saturated rings. The average Bonchev–Trinajstić information content (AvgIpc) is 3.32. The SMILES string of the molecule is COC(=O)C1=CC[C@@]23CC[C@@H]([C@@](C)(/C=C/C=C(\C)C(=O)OCC4OC(n5ccc(N)nc5=O)C(F)(F)[C@H]4O)OC2=O)[C@@]3(OC(C)=O)CC1. The molecule has 1 aromatic rings. The Kier molecular flexibility index (Phi) is 9.11. The number of carbonyl (C=O) groups excluding carboxylic acids is 4. The molecule has 260 valence electrons. The fourth-order valence-electron chi connectivity index (χ4n) is 7.43. The normalized spacial score (nSPS) is 34.1. The summed E-state index contributed by atoms with van der Waals surface area (Å²) < 4.78 is 57.4. The highest BCUT2D eigenvalue weighted by Gasteiger charge is 2.74. The summed E-state index contributed by atoms with van der Waals surface area (Å²) in [7, 11) is 1.26. The zero-order valence-corrected chi connectivity index (χ0v) is 26.8. The fraction of sp³-hybridized carbons (Fsp3) is 0.562. The number of rotatable bonds is 8. The van der Waals surface area contributed by atoms with Gasteiger partial charge in [0.05, 0.1) is 7.11 Å². The minimum atomic E-state index is -3.92. The number of esters is 4. The van der Waals surface area contributed by atoms with Crippen molar-refractivity contribution >= 4 is 29.7 Å². The molecule has 5 rings (SSSR count). The van der Waals surface area contributed by atoms with E-state index in [-0.39, 0.29) is 30.7 Å². The molecule has 7 atom stereocenters. The molecule has 1 saturated carbocycles. The van der Waals surface area contributed by atoms with Gasteiger partial charge >= 0.3 is 35.5 Å². The molecular formula is C32H37F2N3O11. The highest BCUT2D eigenvalue weighted by Crippen LogP contribution is 2.65. The Balaban J connectivity index is 1.30. The number of carbonyl (C=O) groups is 4. The number of halogens is 2. The van der Waals surface area contributed by atoms with Gasteiger partial charge in [0.1, 0.15) is 35.1 Å². The van der Waals surface area contributed by atoms with E-state index in [1.165, 1.54) is 33.1 Å². The molecule has 0 radical (unpaired) electrons. The number of aliphatic hydroxyl groups excluding tert-OH is 1. The first kappa shape index (κ1) is 34.9. The molecule has 2 aliphatic heterocycles. The fourth-order valence-corrected chi connectivity index (χ4v) is 7.43. The Morgan fingerprint density at radius 1 is 1.23 bits per heavy atom. The molecule has 4 aliphatic rings.